The standard InChI is InChI=1S/C22H16ClN3O3S/c23-17-6-1-14(2-7-17)19-10-5-16(13-24)21(26-19)30-12-11-20(27)25-18-8-3-15(4-9-18)22(28)29/h1-10H,11-12H2,(H,25,27)(H,28,29). The number of carbonyl (C=O) groups is 2. The van der Waals surface area contributed by atoms with Crippen LogP contribution < -0.4 is 5.32 Å². The number of aromatic nitrogens is 1. The Hall–Kier alpha value is -3.34. The van der Waals surface area contributed by atoms with Gasteiger partial charge in [0.2, 0.25) is 5.91 Å². The van der Waals surface area contributed by atoms with Gasteiger partial charge in [-0.25, -0.2) is 9.78 Å². The molecule has 0 radical (unpaired) electrons. The third kappa shape index (κ3) is 5.60. The van der Waals surface area contributed by atoms with Crippen molar-refractivity contribution < 1.29 is 14.7 Å². The number of thioether (sulfide) groups is 1. The number of carbonyl (C=O) groups excluding carboxylic acids is 1. The van der Waals surface area contributed by atoms with Gasteiger partial charge in [-0.05, 0) is 48.5 Å². The van der Waals surface area contributed by atoms with Gasteiger partial charge in [-0.15, -0.1) is 11.8 Å². The van der Waals surface area contributed by atoms with Crippen molar-refractivity contribution in [3.05, 3.63) is 76.8 Å². The molecule has 30 heavy (non-hydrogen) atoms. The van der Waals surface area contributed by atoms with Crippen molar-refractivity contribution >= 4 is 40.9 Å². The number of nitrogens with zero attached hydrogens (tertiary/aromatic N) is 2. The van der Waals surface area contributed by atoms with Gasteiger partial charge >= 0.3 is 5.97 Å². The molecule has 3 aromatic rings. The average Bonchev–Trinajstić information content (AvgIpc) is 2.74. The molecule has 2 aromatic carbocycles. The number of benzene rings is 2. The summed E-state index contributed by atoms with van der Waals surface area (Å²) in [6.45, 7) is 0. The summed E-state index contributed by atoms with van der Waals surface area (Å²) < 4.78 is 0. The second kappa shape index (κ2) is 9.92. The number of anilines is 1. The highest BCUT2D eigenvalue weighted by molar-refractivity contribution is 7.99. The topological polar surface area (TPSA) is 103 Å². The fraction of sp³-hybridized carbons (Fsp3) is 0.0909. The Morgan fingerprint density at radius 1 is 1.07 bits per heavy atom. The zero-order chi connectivity index (χ0) is 21.5. The van der Waals surface area contributed by atoms with Crippen molar-refractivity contribution in [1.29, 1.82) is 5.26 Å². The van der Waals surface area contributed by atoms with E-state index < -0.39 is 5.97 Å². The fourth-order valence-corrected chi connectivity index (χ4v) is 3.62. The van der Waals surface area contributed by atoms with Gasteiger partial charge in [0.25, 0.3) is 0 Å². The molecule has 0 unspecified atom stereocenters. The molecule has 0 atom stereocenters. The Balaban J connectivity index is 1.61. The zero-order valence-electron chi connectivity index (χ0n) is 15.6. The van der Waals surface area contributed by atoms with E-state index in [4.69, 9.17) is 16.7 Å². The lowest BCUT2D eigenvalue weighted by Crippen LogP contribution is -2.12. The normalized spacial score (nSPS) is 10.3. The van der Waals surface area contributed by atoms with Crippen LogP contribution in [0.5, 0.6) is 0 Å². The lowest BCUT2D eigenvalue weighted by atomic mass is 10.1. The lowest BCUT2D eigenvalue weighted by Gasteiger charge is -2.08. The number of halogens is 1. The molecular formula is C22H16ClN3O3S. The van der Waals surface area contributed by atoms with E-state index in [0.717, 1.165) is 11.3 Å². The molecule has 0 bridgehead atoms. The Labute approximate surface area is 182 Å². The largest absolute Gasteiger partial charge is 0.478 e. The minimum atomic E-state index is -1.02. The van der Waals surface area contributed by atoms with Crippen molar-refractivity contribution in [3.63, 3.8) is 0 Å². The number of hydrogen-bond donors (Lipinski definition) is 2. The summed E-state index contributed by atoms with van der Waals surface area (Å²) in [5, 5.41) is 22.2. The van der Waals surface area contributed by atoms with E-state index >= 15 is 0 Å². The zero-order valence-corrected chi connectivity index (χ0v) is 17.2. The van der Waals surface area contributed by atoms with E-state index in [-0.39, 0.29) is 17.9 Å². The Morgan fingerprint density at radius 3 is 2.40 bits per heavy atom. The molecule has 0 spiro atoms. The lowest BCUT2D eigenvalue weighted by molar-refractivity contribution is -0.115. The third-order valence-corrected chi connectivity index (χ3v) is 5.35. The van der Waals surface area contributed by atoms with Gasteiger partial charge in [0.1, 0.15) is 11.1 Å². The SMILES string of the molecule is N#Cc1ccc(-c2ccc(Cl)cc2)nc1SCCC(=O)Nc1ccc(C(=O)O)cc1. The first-order valence-corrected chi connectivity index (χ1v) is 10.3. The first-order chi connectivity index (χ1) is 14.5. The molecule has 150 valence electrons. The summed E-state index contributed by atoms with van der Waals surface area (Å²) >= 11 is 7.25. The minimum Gasteiger partial charge on any atom is -0.478 e. The summed E-state index contributed by atoms with van der Waals surface area (Å²) in [4.78, 5) is 27.6. The van der Waals surface area contributed by atoms with E-state index in [1.165, 1.54) is 23.9 Å². The highest BCUT2D eigenvalue weighted by Crippen LogP contribution is 2.26. The molecule has 1 heterocycles. The molecule has 0 fully saturated rings. The number of nitriles is 1. The third-order valence-electron chi connectivity index (χ3n) is 4.10. The number of pyridine rings is 1. The minimum absolute atomic E-state index is 0.152. The van der Waals surface area contributed by atoms with E-state index in [1.54, 1.807) is 36.4 Å². The Morgan fingerprint density at radius 2 is 1.77 bits per heavy atom. The van der Waals surface area contributed by atoms with Gasteiger partial charge in [-0.1, -0.05) is 23.7 Å². The van der Waals surface area contributed by atoms with Crippen LogP contribution in [-0.2, 0) is 4.79 Å². The van der Waals surface area contributed by atoms with Crippen LogP contribution in [0.3, 0.4) is 0 Å². The maximum atomic E-state index is 12.2. The second-order valence-corrected chi connectivity index (χ2v) is 7.72. The highest BCUT2D eigenvalue weighted by atomic mass is 35.5. The number of amides is 1. The van der Waals surface area contributed by atoms with Crippen molar-refractivity contribution in [3.8, 4) is 17.3 Å². The van der Waals surface area contributed by atoms with Crippen LogP contribution in [0.15, 0.2) is 65.7 Å². The molecule has 0 saturated heterocycles. The van der Waals surface area contributed by atoms with E-state index in [9.17, 15) is 14.9 Å². The van der Waals surface area contributed by atoms with Crippen LogP contribution in [0.2, 0.25) is 5.02 Å². The maximum absolute atomic E-state index is 12.2. The van der Waals surface area contributed by atoms with Crippen LogP contribution in [0, 0.1) is 11.3 Å². The molecule has 0 aliphatic heterocycles. The van der Waals surface area contributed by atoms with Gasteiger partial charge in [0.15, 0.2) is 0 Å². The molecule has 1 aromatic heterocycles. The van der Waals surface area contributed by atoms with Crippen molar-refractivity contribution in [1.82, 2.24) is 4.98 Å². The van der Waals surface area contributed by atoms with Crippen LogP contribution in [0.1, 0.15) is 22.3 Å². The summed E-state index contributed by atoms with van der Waals surface area (Å²) in [5.41, 5.74) is 2.72. The first-order valence-electron chi connectivity index (χ1n) is 8.89. The smallest absolute Gasteiger partial charge is 0.335 e. The van der Waals surface area contributed by atoms with E-state index in [0.29, 0.717) is 27.1 Å². The quantitative estimate of drug-likeness (QED) is 0.499. The Kier molecular flexibility index (Phi) is 7.07. The molecular weight excluding hydrogens is 422 g/mol. The number of hydrogen-bond acceptors (Lipinski definition) is 5. The number of carboxylic acid groups (broad SMARTS) is 1. The molecule has 2 N–H and O–H groups in total. The average molecular weight is 438 g/mol. The van der Waals surface area contributed by atoms with Crippen LogP contribution in [0.4, 0.5) is 5.69 Å². The van der Waals surface area contributed by atoms with E-state index in [1.807, 2.05) is 12.1 Å². The highest BCUT2D eigenvalue weighted by Gasteiger charge is 2.10. The summed E-state index contributed by atoms with van der Waals surface area (Å²) in [6, 6.07) is 18.8. The van der Waals surface area contributed by atoms with Crippen molar-refractivity contribution in [2.24, 2.45) is 0 Å². The number of nitrogens with one attached hydrogen (secondary N) is 1. The van der Waals surface area contributed by atoms with E-state index in [2.05, 4.69) is 16.4 Å². The predicted octanol–water partition coefficient (Wildman–Crippen LogP) is 5.09. The second-order valence-electron chi connectivity index (χ2n) is 6.20. The first kappa shape index (κ1) is 21.4. The van der Waals surface area contributed by atoms with Crippen molar-refractivity contribution in [2.75, 3.05) is 11.1 Å². The molecule has 3 rings (SSSR count). The molecule has 6 nitrogen and oxygen atoms in total. The number of aromatic carboxylic acids is 1. The number of carboxylic acids is 1. The Bertz CT molecular complexity index is 1110. The molecule has 0 aliphatic carbocycles. The number of rotatable bonds is 7. The van der Waals surface area contributed by atoms with Crippen LogP contribution >= 0.6 is 23.4 Å². The molecule has 0 saturated carbocycles. The predicted molar refractivity (Wildman–Crippen MR) is 117 cm³/mol. The van der Waals surface area contributed by atoms with Gasteiger partial charge in [-0.3, -0.25) is 4.79 Å². The van der Waals surface area contributed by atoms with Gasteiger partial charge in [-0.2, -0.15) is 5.26 Å². The molecule has 1 amide bonds. The monoisotopic (exact) mass is 437 g/mol. The fourth-order valence-electron chi connectivity index (χ4n) is 2.58. The van der Waals surface area contributed by atoms with Crippen LogP contribution in [-0.4, -0.2) is 27.7 Å². The van der Waals surface area contributed by atoms with Crippen LogP contribution in [0.25, 0.3) is 11.3 Å². The summed E-state index contributed by atoms with van der Waals surface area (Å²) in [7, 11) is 0. The maximum Gasteiger partial charge on any atom is 0.335 e. The van der Waals surface area contributed by atoms with Gasteiger partial charge in [0, 0.05) is 28.4 Å². The molecule has 0 aliphatic rings. The van der Waals surface area contributed by atoms with Crippen molar-refractivity contribution in [2.45, 2.75) is 11.4 Å². The van der Waals surface area contributed by atoms with Gasteiger partial charge < -0.3 is 10.4 Å². The van der Waals surface area contributed by atoms with Gasteiger partial charge in [0.05, 0.1) is 16.8 Å². The summed E-state index contributed by atoms with van der Waals surface area (Å²) in [6.07, 6.45) is 0.211. The molecule has 8 heteroatoms. The summed E-state index contributed by atoms with van der Waals surface area (Å²) in [5.74, 6) is -0.797.